The van der Waals surface area contributed by atoms with Gasteiger partial charge in [0, 0.05) is 49.6 Å². The minimum absolute atomic E-state index is 0.0645. The lowest BCUT2D eigenvalue weighted by Crippen LogP contribution is -2.49. The predicted molar refractivity (Wildman–Crippen MR) is 100 cm³/mol. The molecular weight excluding hydrogens is 330 g/mol. The maximum atomic E-state index is 12.4. The van der Waals surface area contributed by atoms with Gasteiger partial charge in [-0.3, -0.25) is 4.68 Å². The lowest BCUT2D eigenvalue weighted by Gasteiger charge is -2.33. The Labute approximate surface area is 151 Å². The Morgan fingerprint density at radius 1 is 1.27 bits per heavy atom. The molecule has 1 atom stereocenters. The fourth-order valence-electron chi connectivity index (χ4n) is 3.33. The Bertz CT molecular complexity index is 908. The van der Waals surface area contributed by atoms with Crippen molar-refractivity contribution in [3.63, 3.8) is 0 Å². The molecule has 8 nitrogen and oxygen atoms in total. The third kappa shape index (κ3) is 3.44. The van der Waals surface area contributed by atoms with E-state index in [0.717, 1.165) is 36.0 Å². The van der Waals surface area contributed by atoms with E-state index in [4.69, 9.17) is 0 Å². The number of carbonyl (C=O) groups excluding carboxylic acids is 1. The van der Waals surface area contributed by atoms with Gasteiger partial charge in [0.1, 0.15) is 0 Å². The van der Waals surface area contributed by atoms with E-state index in [1.165, 1.54) is 0 Å². The van der Waals surface area contributed by atoms with Crippen LogP contribution in [0.25, 0.3) is 10.9 Å². The molecule has 134 valence electrons. The second-order valence-electron chi connectivity index (χ2n) is 6.47. The maximum Gasteiger partial charge on any atom is 0.319 e. The predicted octanol–water partition coefficient (Wildman–Crippen LogP) is 2.15. The van der Waals surface area contributed by atoms with Crippen molar-refractivity contribution < 1.29 is 4.79 Å². The summed E-state index contributed by atoms with van der Waals surface area (Å²) < 4.78 is 1.81. The molecule has 1 saturated heterocycles. The Hall–Kier alpha value is -3.16. The fourth-order valence-corrected chi connectivity index (χ4v) is 3.33. The molecule has 0 saturated carbocycles. The van der Waals surface area contributed by atoms with Gasteiger partial charge >= 0.3 is 6.03 Å². The molecule has 1 aliphatic heterocycles. The maximum absolute atomic E-state index is 12.4. The number of amides is 2. The number of hydrogen-bond donors (Lipinski definition) is 2. The SMILES string of the molecule is Cn1ncc2cc(NC(=O)N[C@@H]3CCCN(c4ncccn4)C3)ccc21. The minimum Gasteiger partial charge on any atom is -0.339 e. The van der Waals surface area contributed by atoms with E-state index in [2.05, 4.69) is 30.6 Å². The van der Waals surface area contributed by atoms with Crippen molar-refractivity contribution in [3.8, 4) is 0 Å². The summed E-state index contributed by atoms with van der Waals surface area (Å²) in [4.78, 5) is 23.1. The summed E-state index contributed by atoms with van der Waals surface area (Å²) in [7, 11) is 1.90. The molecule has 0 unspecified atom stereocenters. The van der Waals surface area contributed by atoms with Crippen LogP contribution in [-0.2, 0) is 7.05 Å². The molecule has 3 heterocycles. The third-order valence-electron chi connectivity index (χ3n) is 4.60. The van der Waals surface area contributed by atoms with Crippen LogP contribution in [0.2, 0.25) is 0 Å². The van der Waals surface area contributed by atoms with Crippen molar-refractivity contribution >= 4 is 28.6 Å². The van der Waals surface area contributed by atoms with Crippen LogP contribution in [-0.4, -0.2) is 44.9 Å². The zero-order chi connectivity index (χ0) is 17.9. The van der Waals surface area contributed by atoms with E-state index in [9.17, 15) is 4.79 Å². The number of benzene rings is 1. The number of nitrogens with zero attached hydrogens (tertiary/aromatic N) is 5. The zero-order valence-electron chi connectivity index (χ0n) is 14.6. The second-order valence-corrected chi connectivity index (χ2v) is 6.47. The number of fused-ring (bicyclic) bond motifs is 1. The highest BCUT2D eigenvalue weighted by atomic mass is 16.2. The van der Waals surface area contributed by atoms with Crippen LogP contribution in [0, 0.1) is 0 Å². The summed E-state index contributed by atoms with van der Waals surface area (Å²) in [5.41, 5.74) is 1.78. The fraction of sp³-hybridized carbons (Fsp3) is 0.333. The first-order valence-corrected chi connectivity index (χ1v) is 8.70. The van der Waals surface area contributed by atoms with Gasteiger partial charge < -0.3 is 15.5 Å². The Kier molecular flexibility index (Phi) is 4.39. The number of aryl methyl sites for hydroxylation is 1. The minimum atomic E-state index is -0.200. The number of piperidine rings is 1. The topological polar surface area (TPSA) is 88.0 Å². The first-order chi connectivity index (χ1) is 12.7. The Morgan fingerprint density at radius 3 is 2.96 bits per heavy atom. The molecule has 2 aromatic heterocycles. The van der Waals surface area contributed by atoms with E-state index < -0.39 is 0 Å². The Morgan fingerprint density at radius 2 is 2.12 bits per heavy atom. The molecule has 8 heteroatoms. The van der Waals surface area contributed by atoms with Gasteiger partial charge in [-0.1, -0.05) is 0 Å². The molecule has 26 heavy (non-hydrogen) atoms. The summed E-state index contributed by atoms with van der Waals surface area (Å²) >= 11 is 0. The van der Waals surface area contributed by atoms with Crippen molar-refractivity contribution in [1.29, 1.82) is 0 Å². The highest BCUT2D eigenvalue weighted by Crippen LogP contribution is 2.19. The number of carbonyl (C=O) groups is 1. The van der Waals surface area contributed by atoms with Gasteiger partial charge in [0.05, 0.1) is 11.7 Å². The highest BCUT2D eigenvalue weighted by Gasteiger charge is 2.23. The average molecular weight is 351 g/mol. The molecule has 3 aromatic rings. The molecule has 2 N–H and O–H groups in total. The van der Waals surface area contributed by atoms with Gasteiger partial charge in [0.2, 0.25) is 5.95 Å². The van der Waals surface area contributed by atoms with E-state index in [-0.39, 0.29) is 12.1 Å². The highest BCUT2D eigenvalue weighted by molar-refractivity contribution is 5.92. The van der Waals surface area contributed by atoms with Gasteiger partial charge in [-0.15, -0.1) is 0 Å². The zero-order valence-corrected chi connectivity index (χ0v) is 14.6. The van der Waals surface area contributed by atoms with Crippen molar-refractivity contribution in [2.75, 3.05) is 23.3 Å². The molecule has 1 aromatic carbocycles. The van der Waals surface area contributed by atoms with Gasteiger partial charge in [0.15, 0.2) is 0 Å². The van der Waals surface area contributed by atoms with Crippen LogP contribution in [0.4, 0.5) is 16.4 Å². The molecule has 0 aliphatic carbocycles. The molecule has 1 fully saturated rings. The first kappa shape index (κ1) is 16.3. The molecule has 1 aliphatic rings. The monoisotopic (exact) mass is 351 g/mol. The van der Waals surface area contributed by atoms with Crippen LogP contribution in [0.3, 0.4) is 0 Å². The largest absolute Gasteiger partial charge is 0.339 e. The molecule has 0 spiro atoms. The normalized spacial score (nSPS) is 17.3. The van der Waals surface area contributed by atoms with Crippen LogP contribution in [0.15, 0.2) is 42.9 Å². The van der Waals surface area contributed by atoms with Gasteiger partial charge in [-0.2, -0.15) is 5.10 Å². The van der Waals surface area contributed by atoms with Crippen LogP contribution >= 0.6 is 0 Å². The van der Waals surface area contributed by atoms with Crippen molar-refractivity contribution in [1.82, 2.24) is 25.1 Å². The number of hydrogen-bond acceptors (Lipinski definition) is 5. The second kappa shape index (κ2) is 6.99. The van der Waals surface area contributed by atoms with E-state index >= 15 is 0 Å². The van der Waals surface area contributed by atoms with E-state index in [1.807, 2.05) is 25.2 Å². The number of rotatable bonds is 3. The smallest absolute Gasteiger partial charge is 0.319 e. The van der Waals surface area contributed by atoms with Crippen molar-refractivity contribution in [2.45, 2.75) is 18.9 Å². The molecule has 4 rings (SSSR count). The van der Waals surface area contributed by atoms with Crippen LogP contribution in [0.5, 0.6) is 0 Å². The molecule has 0 bridgehead atoms. The summed E-state index contributed by atoms with van der Waals surface area (Å²) in [6.45, 7) is 1.61. The molecular formula is C18H21N7O. The summed E-state index contributed by atoms with van der Waals surface area (Å²) in [6, 6.07) is 7.42. The number of anilines is 2. The number of urea groups is 1. The summed E-state index contributed by atoms with van der Waals surface area (Å²) in [6.07, 6.45) is 7.20. The lowest BCUT2D eigenvalue weighted by atomic mass is 10.1. The van der Waals surface area contributed by atoms with Crippen molar-refractivity contribution in [3.05, 3.63) is 42.9 Å². The summed E-state index contributed by atoms with van der Waals surface area (Å²) in [5, 5.41) is 11.2. The molecule has 0 radical (unpaired) electrons. The summed E-state index contributed by atoms with van der Waals surface area (Å²) in [5.74, 6) is 0.710. The average Bonchev–Trinajstić information content (AvgIpc) is 3.03. The van der Waals surface area contributed by atoms with Gasteiger partial charge in [0.25, 0.3) is 0 Å². The van der Waals surface area contributed by atoms with E-state index in [0.29, 0.717) is 12.5 Å². The number of nitrogens with one attached hydrogen (secondary N) is 2. The quantitative estimate of drug-likeness (QED) is 0.755. The van der Waals surface area contributed by atoms with Crippen LogP contribution in [0.1, 0.15) is 12.8 Å². The first-order valence-electron chi connectivity index (χ1n) is 8.70. The standard InChI is InChI=1S/C18H21N7O/c1-24-16-6-5-14(10-13(16)11-21-24)22-18(26)23-15-4-2-9-25(12-15)17-19-7-3-8-20-17/h3,5-8,10-11,15H,2,4,9,12H2,1H3,(H2,22,23,26)/t15-/m1/s1. The van der Waals surface area contributed by atoms with Gasteiger partial charge in [-0.25, -0.2) is 14.8 Å². The van der Waals surface area contributed by atoms with Crippen molar-refractivity contribution in [2.24, 2.45) is 7.05 Å². The van der Waals surface area contributed by atoms with Gasteiger partial charge in [-0.05, 0) is 37.1 Å². The lowest BCUT2D eigenvalue weighted by molar-refractivity contribution is 0.246. The molecule has 2 amide bonds. The third-order valence-corrected chi connectivity index (χ3v) is 4.60. The van der Waals surface area contributed by atoms with Crippen LogP contribution < -0.4 is 15.5 Å². The van der Waals surface area contributed by atoms with E-state index in [1.54, 1.807) is 29.3 Å². The Balaban J connectivity index is 1.37. The number of aromatic nitrogens is 4.